The predicted octanol–water partition coefficient (Wildman–Crippen LogP) is 3.96. The van der Waals surface area contributed by atoms with Crippen molar-refractivity contribution in [2.75, 3.05) is 0 Å². The van der Waals surface area contributed by atoms with Crippen LogP contribution in [0.1, 0.15) is 38.7 Å². The van der Waals surface area contributed by atoms with E-state index in [-0.39, 0.29) is 5.82 Å². The van der Waals surface area contributed by atoms with Crippen LogP contribution in [0, 0.1) is 5.82 Å². The van der Waals surface area contributed by atoms with Crippen molar-refractivity contribution in [2.45, 2.75) is 45.1 Å². The summed E-state index contributed by atoms with van der Waals surface area (Å²) in [6, 6.07) is 4.46. The Hall–Kier alpha value is -0.600. The van der Waals surface area contributed by atoms with Gasteiger partial charge in [0.1, 0.15) is 5.82 Å². The van der Waals surface area contributed by atoms with Gasteiger partial charge in [-0.2, -0.15) is 0 Å². The Morgan fingerprint density at radius 2 is 2.06 bits per heavy atom. The molecule has 0 fully saturated rings. The van der Waals surface area contributed by atoms with E-state index in [1.165, 1.54) is 12.1 Å². The van der Waals surface area contributed by atoms with Gasteiger partial charge in [-0.15, -0.1) is 0 Å². The lowest BCUT2D eigenvalue weighted by atomic mass is 9.88. The summed E-state index contributed by atoms with van der Waals surface area (Å²) in [5.74, 6) is -0.299. The third-order valence-corrected chi connectivity index (χ3v) is 3.14. The fourth-order valence-corrected chi connectivity index (χ4v) is 2.08. The Balaban J connectivity index is 2.89. The fourth-order valence-electron chi connectivity index (χ4n) is 1.89. The van der Waals surface area contributed by atoms with Gasteiger partial charge in [0.15, 0.2) is 0 Å². The van der Waals surface area contributed by atoms with E-state index >= 15 is 0 Å². The molecule has 90 valence electrons. The average Bonchev–Trinajstić information content (AvgIpc) is 2.24. The molecule has 1 aromatic rings. The summed E-state index contributed by atoms with van der Waals surface area (Å²) in [6.45, 7) is 3.92. The number of halogens is 2. The number of aliphatic hydroxyl groups is 1. The van der Waals surface area contributed by atoms with Gasteiger partial charge in [-0.05, 0) is 36.6 Å². The van der Waals surface area contributed by atoms with Crippen molar-refractivity contribution in [1.82, 2.24) is 0 Å². The molecule has 1 unspecified atom stereocenters. The zero-order valence-corrected chi connectivity index (χ0v) is 10.5. The molecular formula is C13H18ClFO. The van der Waals surface area contributed by atoms with Crippen LogP contribution in [0.15, 0.2) is 18.2 Å². The van der Waals surface area contributed by atoms with Crippen molar-refractivity contribution in [2.24, 2.45) is 0 Å². The quantitative estimate of drug-likeness (QED) is 0.831. The van der Waals surface area contributed by atoms with E-state index in [1.807, 2.05) is 13.8 Å². The third kappa shape index (κ3) is 3.46. The van der Waals surface area contributed by atoms with Crippen LogP contribution in [0.4, 0.5) is 4.39 Å². The molecule has 0 aliphatic carbocycles. The number of rotatable bonds is 5. The van der Waals surface area contributed by atoms with Gasteiger partial charge in [-0.1, -0.05) is 31.9 Å². The lowest BCUT2D eigenvalue weighted by molar-refractivity contribution is 0.0263. The Morgan fingerprint density at radius 3 is 2.62 bits per heavy atom. The van der Waals surface area contributed by atoms with E-state index in [9.17, 15) is 9.50 Å². The summed E-state index contributed by atoms with van der Waals surface area (Å²) in [7, 11) is 0. The standard InChI is InChI=1S/C13H18ClFO/c1-3-7-13(16,4-2)9-10-8-11(14)5-6-12(10)15/h5-6,8,16H,3-4,7,9H2,1-2H3. The molecule has 0 spiro atoms. The molecule has 16 heavy (non-hydrogen) atoms. The normalized spacial score (nSPS) is 14.8. The Morgan fingerprint density at radius 1 is 1.38 bits per heavy atom. The average molecular weight is 245 g/mol. The first kappa shape index (κ1) is 13.5. The van der Waals surface area contributed by atoms with E-state index in [4.69, 9.17) is 11.6 Å². The van der Waals surface area contributed by atoms with Crippen LogP contribution >= 0.6 is 11.6 Å². The largest absolute Gasteiger partial charge is 0.390 e. The third-order valence-electron chi connectivity index (χ3n) is 2.90. The van der Waals surface area contributed by atoms with Gasteiger partial charge >= 0.3 is 0 Å². The first-order chi connectivity index (χ1) is 7.50. The van der Waals surface area contributed by atoms with Crippen LogP contribution in [0.3, 0.4) is 0 Å². The summed E-state index contributed by atoms with van der Waals surface area (Å²) in [4.78, 5) is 0. The molecule has 0 aliphatic heterocycles. The van der Waals surface area contributed by atoms with Gasteiger partial charge < -0.3 is 5.11 Å². The second-order valence-electron chi connectivity index (χ2n) is 4.24. The summed E-state index contributed by atoms with van der Waals surface area (Å²) in [6.07, 6.45) is 2.50. The highest BCUT2D eigenvalue weighted by Crippen LogP contribution is 2.25. The van der Waals surface area contributed by atoms with Gasteiger partial charge in [0, 0.05) is 11.4 Å². The molecule has 0 amide bonds. The molecule has 1 N–H and O–H groups in total. The van der Waals surface area contributed by atoms with Gasteiger partial charge in [-0.3, -0.25) is 0 Å². The molecule has 0 radical (unpaired) electrons. The van der Waals surface area contributed by atoms with Crippen LogP contribution in [0.5, 0.6) is 0 Å². The van der Waals surface area contributed by atoms with E-state index in [1.54, 1.807) is 6.07 Å². The van der Waals surface area contributed by atoms with Crippen molar-refractivity contribution in [3.63, 3.8) is 0 Å². The minimum atomic E-state index is -0.819. The first-order valence-electron chi connectivity index (χ1n) is 5.67. The summed E-state index contributed by atoms with van der Waals surface area (Å²) in [5.41, 5.74) is -0.328. The zero-order chi connectivity index (χ0) is 12.2. The second-order valence-corrected chi connectivity index (χ2v) is 4.68. The molecule has 0 saturated heterocycles. The molecule has 0 aliphatic rings. The Kier molecular flexibility index (Phi) is 4.75. The maximum Gasteiger partial charge on any atom is 0.126 e. The van der Waals surface area contributed by atoms with Crippen LogP contribution in [0.25, 0.3) is 0 Å². The smallest absolute Gasteiger partial charge is 0.126 e. The van der Waals surface area contributed by atoms with Crippen molar-refractivity contribution in [3.8, 4) is 0 Å². The van der Waals surface area contributed by atoms with Gasteiger partial charge in [-0.25, -0.2) is 4.39 Å². The van der Waals surface area contributed by atoms with E-state index in [0.29, 0.717) is 29.8 Å². The molecule has 0 heterocycles. The zero-order valence-electron chi connectivity index (χ0n) is 9.76. The van der Waals surface area contributed by atoms with E-state index in [2.05, 4.69) is 0 Å². The maximum absolute atomic E-state index is 13.5. The van der Waals surface area contributed by atoms with Crippen molar-refractivity contribution >= 4 is 11.6 Å². The molecule has 1 atom stereocenters. The fraction of sp³-hybridized carbons (Fsp3) is 0.538. The van der Waals surface area contributed by atoms with Crippen LogP contribution in [-0.4, -0.2) is 10.7 Å². The van der Waals surface area contributed by atoms with Crippen LogP contribution < -0.4 is 0 Å². The first-order valence-corrected chi connectivity index (χ1v) is 6.05. The SMILES string of the molecule is CCCC(O)(CC)Cc1cc(Cl)ccc1F. The molecule has 1 rings (SSSR count). The number of hydrogen-bond donors (Lipinski definition) is 1. The molecule has 1 aromatic carbocycles. The minimum absolute atomic E-state index is 0.299. The van der Waals surface area contributed by atoms with Crippen LogP contribution in [0.2, 0.25) is 5.02 Å². The highest BCUT2D eigenvalue weighted by molar-refractivity contribution is 6.30. The summed E-state index contributed by atoms with van der Waals surface area (Å²) < 4.78 is 13.5. The Labute approximate surface area is 101 Å². The highest BCUT2D eigenvalue weighted by Gasteiger charge is 2.25. The number of benzene rings is 1. The summed E-state index contributed by atoms with van der Waals surface area (Å²) >= 11 is 5.82. The lowest BCUT2D eigenvalue weighted by Crippen LogP contribution is -2.30. The summed E-state index contributed by atoms with van der Waals surface area (Å²) in [5, 5.41) is 10.8. The second kappa shape index (κ2) is 5.65. The number of hydrogen-bond acceptors (Lipinski definition) is 1. The van der Waals surface area contributed by atoms with Crippen LogP contribution in [-0.2, 0) is 6.42 Å². The molecule has 0 aromatic heterocycles. The van der Waals surface area contributed by atoms with Gasteiger partial charge in [0.25, 0.3) is 0 Å². The van der Waals surface area contributed by atoms with Gasteiger partial charge in [0.2, 0.25) is 0 Å². The van der Waals surface area contributed by atoms with Gasteiger partial charge in [0.05, 0.1) is 5.60 Å². The molecule has 0 bridgehead atoms. The van der Waals surface area contributed by atoms with Crippen molar-refractivity contribution in [3.05, 3.63) is 34.6 Å². The molecular weight excluding hydrogens is 227 g/mol. The topological polar surface area (TPSA) is 20.2 Å². The van der Waals surface area contributed by atoms with E-state index in [0.717, 1.165) is 6.42 Å². The molecule has 1 nitrogen and oxygen atoms in total. The predicted molar refractivity (Wildman–Crippen MR) is 65.3 cm³/mol. The monoisotopic (exact) mass is 244 g/mol. The lowest BCUT2D eigenvalue weighted by Gasteiger charge is -2.26. The maximum atomic E-state index is 13.5. The highest BCUT2D eigenvalue weighted by atomic mass is 35.5. The molecule has 3 heteroatoms. The molecule has 0 saturated carbocycles. The van der Waals surface area contributed by atoms with E-state index < -0.39 is 5.60 Å². The Bertz CT molecular complexity index is 354. The minimum Gasteiger partial charge on any atom is -0.390 e. The van der Waals surface area contributed by atoms with Crippen molar-refractivity contribution in [1.29, 1.82) is 0 Å². The van der Waals surface area contributed by atoms with Crippen molar-refractivity contribution < 1.29 is 9.50 Å².